The molecule has 4 heteroatoms. The van der Waals surface area contributed by atoms with Crippen LogP contribution in [0, 0.1) is 6.92 Å². The molecule has 3 nitrogen and oxygen atoms in total. The van der Waals surface area contributed by atoms with Gasteiger partial charge in [0.05, 0.1) is 6.04 Å². The number of anilines is 2. The molecule has 0 aliphatic heterocycles. The van der Waals surface area contributed by atoms with Crippen LogP contribution in [0.5, 0.6) is 0 Å². The molecule has 1 unspecified atom stereocenters. The minimum atomic E-state index is 0.128. The van der Waals surface area contributed by atoms with E-state index in [4.69, 9.17) is 17.3 Å². The second kappa shape index (κ2) is 5.49. The number of nitrogens with zero attached hydrogens (tertiary/aromatic N) is 2. The topological polar surface area (TPSA) is 42.2 Å². The fourth-order valence-electron chi connectivity index (χ4n) is 1.94. The maximum Gasteiger partial charge on any atom is 0.130 e. The molecule has 0 bridgehead atoms. The zero-order valence-corrected chi connectivity index (χ0v) is 12.1. The van der Waals surface area contributed by atoms with Crippen LogP contribution in [0.2, 0.25) is 5.02 Å². The Balaban J connectivity index is 2.31. The number of benzene rings is 1. The molecule has 0 aliphatic carbocycles. The van der Waals surface area contributed by atoms with E-state index >= 15 is 0 Å². The first-order valence-corrected chi connectivity index (χ1v) is 6.58. The van der Waals surface area contributed by atoms with Gasteiger partial charge in [-0.25, -0.2) is 4.98 Å². The molecule has 2 N–H and O–H groups in total. The zero-order valence-electron chi connectivity index (χ0n) is 11.4. The predicted molar refractivity (Wildman–Crippen MR) is 81.7 cm³/mol. The number of nitrogens with two attached hydrogens (primary N) is 1. The molecule has 100 valence electrons. The van der Waals surface area contributed by atoms with Gasteiger partial charge in [-0.15, -0.1) is 0 Å². The smallest absolute Gasteiger partial charge is 0.130 e. The lowest BCUT2D eigenvalue weighted by molar-refractivity contribution is 0.729. The maximum atomic E-state index is 6.24. The molecule has 0 fully saturated rings. The van der Waals surface area contributed by atoms with E-state index in [0.29, 0.717) is 0 Å². The van der Waals surface area contributed by atoms with Crippen molar-refractivity contribution in [2.45, 2.75) is 19.9 Å². The first kappa shape index (κ1) is 13.7. The van der Waals surface area contributed by atoms with Gasteiger partial charge in [0.1, 0.15) is 5.82 Å². The minimum absolute atomic E-state index is 0.128. The summed E-state index contributed by atoms with van der Waals surface area (Å²) in [5.41, 5.74) is 8.75. The van der Waals surface area contributed by atoms with Gasteiger partial charge in [-0.1, -0.05) is 29.8 Å². The quantitative estimate of drug-likeness (QED) is 0.926. The molecule has 0 aliphatic rings. The van der Waals surface area contributed by atoms with Crippen LogP contribution >= 0.6 is 11.6 Å². The number of nitrogen functional groups attached to an aromatic ring is 1. The standard InChI is InChI=1S/C15H18ClN3/c1-10-9-18-15(8-14(10)17)19(3)11(2)12-6-4-5-7-13(12)16/h4-9,11H,1-3H3,(H2,17,18). The number of pyridine rings is 1. The first-order chi connectivity index (χ1) is 9.00. The van der Waals surface area contributed by atoms with Crippen molar-refractivity contribution >= 4 is 23.1 Å². The van der Waals surface area contributed by atoms with Crippen LogP contribution in [-0.4, -0.2) is 12.0 Å². The summed E-state index contributed by atoms with van der Waals surface area (Å²) < 4.78 is 0. The van der Waals surface area contributed by atoms with Crippen LogP contribution in [0.25, 0.3) is 0 Å². The summed E-state index contributed by atoms with van der Waals surface area (Å²) in [5.74, 6) is 0.843. The van der Waals surface area contributed by atoms with E-state index in [-0.39, 0.29) is 6.04 Å². The highest BCUT2D eigenvalue weighted by molar-refractivity contribution is 6.31. The first-order valence-electron chi connectivity index (χ1n) is 6.20. The van der Waals surface area contributed by atoms with Crippen LogP contribution < -0.4 is 10.6 Å². The van der Waals surface area contributed by atoms with Crippen molar-refractivity contribution in [3.8, 4) is 0 Å². The Morgan fingerprint density at radius 1 is 1.32 bits per heavy atom. The van der Waals surface area contributed by atoms with Crippen LogP contribution in [0.4, 0.5) is 11.5 Å². The van der Waals surface area contributed by atoms with Crippen LogP contribution in [-0.2, 0) is 0 Å². The molecule has 0 saturated heterocycles. The summed E-state index contributed by atoms with van der Waals surface area (Å²) in [6.07, 6.45) is 1.79. The van der Waals surface area contributed by atoms with E-state index in [1.54, 1.807) is 6.20 Å². The van der Waals surface area contributed by atoms with E-state index in [1.807, 2.05) is 44.3 Å². The van der Waals surface area contributed by atoms with E-state index in [9.17, 15) is 0 Å². The lowest BCUT2D eigenvalue weighted by atomic mass is 10.1. The van der Waals surface area contributed by atoms with Gasteiger partial charge in [-0.3, -0.25) is 0 Å². The van der Waals surface area contributed by atoms with E-state index in [1.165, 1.54) is 0 Å². The highest BCUT2D eigenvalue weighted by Crippen LogP contribution is 2.29. The Morgan fingerprint density at radius 2 is 2.00 bits per heavy atom. The third-order valence-electron chi connectivity index (χ3n) is 3.43. The van der Waals surface area contributed by atoms with Crippen LogP contribution in [0.3, 0.4) is 0 Å². The van der Waals surface area contributed by atoms with Gasteiger partial charge in [0, 0.05) is 30.0 Å². The molecular weight excluding hydrogens is 258 g/mol. The number of halogens is 1. The minimum Gasteiger partial charge on any atom is -0.398 e. The van der Waals surface area contributed by atoms with Crippen LogP contribution in [0.1, 0.15) is 24.1 Å². The van der Waals surface area contributed by atoms with E-state index in [0.717, 1.165) is 27.7 Å². The van der Waals surface area contributed by atoms with Crippen molar-refractivity contribution in [3.63, 3.8) is 0 Å². The number of rotatable bonds is 3. The van der Waals surface area contributed by atoms with Gasteiger partial charge < -0.3 is 10.6 Å². The summed E-state index contributed by atoms with van der Waals surface area (Å²) in [5, 5.41) is 0.766. The Bertz CT molecular complexity index is 583. The second-order valence-corrected chi connectivity index (χ2v) is 5.11. The molecule has 19 heavy (non-hydrogen) atoms. The van der Waals surface area contributed by atoms with Gasteiger partial charge in [-0.2, -0.15) is 0 Å². The largest absolute Gasteiger partial charge is 0.398 e. The fourth-order valence-corrected chi connectivity index (χ4v) is 2.24. The van der Waals surface area contributed by atoms with Crippen molar-refractivity contribution in [3.05, 3.63) is 52.7 Å². The molecule has 1 heterocycles. The van der Waals surface area contributed by atoms with Crippen molar-refractivity contribution < 1.29 is 0 Å². The predicted octanol–water partition coefficient (Wildman–Crippen LogP) is 3.82. The zero-order chi connectivity index (χ0) is 14.0. The van der Waals surface area contributed by atoms with Crippen molar-refractivity contribution in [2.75, 3.05) is 17.7 Å². The molecule has 2 aromatic rings. The van der Waals surface area contributed by atoms with E-state index < -0.39 is 0 Å². The lowest BCUT2D eigenvalue weighted by Gasteiger charge is -2.27. The molecule has 0 spiro atoms. The molecule has 1 aromatic carbocycles. The number of aryl methyl sites for hydroxylation is 1. The maximum absolute atomic E-state index is 6.24. The summed E-state index contributed by atoms with van der Waals surface area (Å²) in [7, 11) is 1.99. The Kier molecular flexibility index (Phi) is 3.96. The van der Waals surface area contributed by atoms with Crippen molar-refractivity contribution in [2.24, 2.45) is 0 Å². The van der Waals surface area contributed by atoms with Gasteiger partial charge in [0.25, 0.3) is 0 Å². The average Bonchev–Trinajstić information content (AvgIpc) is 2.41. The van der Waals surface area contributed by atoms with E-state index in [2.05, 4.69) is 16.8 Å². The third kappa shape index (κ3) is 2.82. The number of hydrogen-bond donors (Lipinski definition) is 1. The van der Waals surface area contributed by atoms with Gasteiger partial charge >= 0.3 is 0 Å². The second-order valence-electron chi connectivity index (χ2n) is 4.71. The Labute approximate surface area is 119 Å². The van der Waals surface area contributed by atoms with Gasteiger partial charge in [0.15, 0.2) is 0 Å². The molecule has 0 saturated carbocycles. The molecule has 1 atom stereocenters. The summed E-state index contributed by atoms with van der Waals surface area (Å²) in [6.45, 7) is 4.04. The average molecular weight is 276 g/mol. The summed E-state index contributed by atoms with van der Waals surface area (Å²) >= 11 is 6.24. The molecule has 0 radical (unpaired) electrons. The summed E-state index contributed by atoms with van der Waals surface area (Å²) in [6, 6.07) is 9.87. The van der Waals surface area contributed by atoms with Crippen LogP contribution in [0.15, 0.2) is 36.5 Å². The van der Waals surface area contributed by atoms with Crippen molar-refractivity contribution in [1.29, 1.82) is 0 Å². The fraction of sp³-hybridized carbons (Fsp3) is 0.267. The monoisotopic (exact) mass is 275 g/mol. The van der Waals surface area contributed by atoms with Crippen molar-refractivity contribution in [1.82, 2.24) is 4.98 Å². The molecule has 2 rings (SSSR count). The highest BCUT2D eigenvalue weighted by atomic mass is 35.5. The lowest BCUT2D eigenvalue weighted by Crippen LogP contribution is -2.23. The normalized spacial score (nSPS) is 12.2. The highest BCUT2D eigenvalue weighted by Gasteiger charge is 2.16. The molecule has 1 aromatic heterocycles. The Morgan fingerprint density at radius 3 is 2.63 bits per heavy atom. The number of hydrogen-bond acceptors (Lipinski definition) is 3. The number of aromatic nitrogens is 1. The third-order valence-corrected chi connectivity index (χ3v) is 3.77. The summed E-state index contributed by atoms with van der Waals surface area (Å²) in [4.78, 5) is 6.48. The SMILES string of the molecule is Cc1cnc(N(C)C(C)c2ccccc2Cl)cc1N. The van der Waals surface area contributed by atoms with Gasteiger partial charge in [0.2, 0.25) is 0 Å². The van der Waals surface area contributed by atoms with Gasteiger partial charge in [-0.05, 0) is 31.0 Å². The molecule has 0 amide bonds. The molecular formula is C15H18ClN3. The Hall–Kier alpha value is -1.74.